The minimum absolute atomic E-state index is 0. The van der Waals surface area contributed by atoms with Crippen LogP contribution in [0.2, 0.25) is 0 Å². The Morgan fingerprint density at radius 3 is 1.23 bits per heavy atom. The number of allylic oxidation sites excluding steroid dienone is 18. The number of aliphatic hydroxyl groups excluding tert-OH is 4. The summed E-state index contributed by atoms with van der Waals surface area (Å²) in [7, 11) is 0. The van der Waals surface area contributed by atoms with Crippen molar-refractivity contribution in [3.05, 3.63) is 424 Å². The van der Waals surface area contributed by atoms with Gasteiger partial charge in [-0.15, -0.1) is 125 Å². The molecule has 5 N–H and O–H groups in total. The van der Waals surface area contributed by atoms with Gasteiger partial charge in [0.2, 0.25) is 0 Å². The van der Waals surface area contributed by atoms with Gasteiger partial charge in [-0.3, -0.25) is 29.1 Å². The van der Waals surface area contributed by atoms with Crippen molar-refractivity contribution in [3.63, 3.8) is 0 Å². The van der Waals surface area contributed by atoms with Gasteiger partial charge in [0.25, 0.3) is 0 Å². The molecule has 25 heteroatoms. The second-order valence-electron chi connectivity index (χ2n) is 32.5. The van der Waals surface area contributed by atoms with Gasteiger partial charge in [0.15, 0.2) is 23.1 Å². The first kappa shape index (κ1) is 126. The predicted octanol–water partition coefficient (Wildman–Crippen LogP) is 31.4. The molecule has 0 amide bonds. The van der Waals surface area contributed by atoms with Crippen LogP contribution in [-0.4, -0.2) is 96.8 Å². The molecule has 12 heterocycles. The van der Waals surface area contributed by atoms with Gasteiger partial charge in [-0.2, -0.15) is 0 Å². The summed E-state index contributed by atoms with van der Waals surface area (Å²) in [6.45, 7) is 29.3. The number of carbonyl (C=O) groups is 4. The van der Waals surface area contributed by atoms with Crippen LogP contribution in [-0.2, 0) is 121 Å². The molecule has 19 rings (SSSR count). The minimum atomic E-state index is -0.125. The number of pyridine rings is 5. The number of ketones is 4. The summed E-state index contributed by atoms with van der Waals surface area (Å²) in [5.41, 5.74) is 25.9. The van der Waals surface area contributed by atoms with E-state index in [0.717, 1.165) is 139 Å². The van der Waals surface area contributed by atoms with E-state index in [0.29, 0.717) is 5.52 Å². The van der Waals surface area contributed by atoms with E-state index in [1.54, 1.807) is 41.0 Å². The summed E-state index contributed by atoms with van der Waals surface area (Å²) in [4.78, 5) is 79.7. The SMILES string of the molecule is C.CC(=O)C=C(C)O.CC(=O)C=C(C)O.CC(=O)C=C(C)O.CC(=O)C=C(C)O.CCC1=C(CC)C2=NC1=CC1=NC(=CC3[N-]C(=CC4=NC(=C2)C(CC)=C4CC)C(C)=C3CC)C(CC)=C1CC.Oc1cccc2cccnc12.[Ir].[Ir].[Ir].[Ir].[Pt].[c-]1c(-c2ccccn2)sc2ccccc12.[c-]1c(-c2ccccn2)sc2ccccc12.[c-]1ccccc1-c1ccc2ccccc2n1.[c-]1ccccc1-c1nccc2ccccc12. The molecule has 0 aliphatic carbocycles. The number of fused-ring (bicyclic) bond motifs is 10. The van der Waals surface area contributed by atoms with Gasteiger partial charge in [-0.05, 0) is 236 Å². The van der Waals surface area contributed by atoms with Crippen LogP contribution in [0.1, 0.15) is 163 Å². The molecule has 14 aromatic rings. The minimum Gasteiger partial charge on any atom is -0.675 e. The Balaban J connectivity index is 0.000000358. The zero-order valence-electron chi connectivity index (χ0n) is 83.8. The molecule has 7 aromatic carbocycles. The maximum atomic E-state index is 10.0. The fourth-order valence-corrected chi connectivity index (χ4v) is 17.8. The fraction of sp³-hybridized carbons (Fsp3) is 0.207. The third-order valence-corrected chi connectivity index (χ3v) is 24.0. The van der Waals surface area contributed by atoms with Crippen LogP contribution >= 0.6 is 22.7 Å². The van der Waals surface area contributed by atoms with Crippen LogP contribution in [0, 0.1) is 24.3 Å². The average Bonchev–Trinajstić information content (AvgIpc) is 1.61. The Kier molecular flexibility index (Phi) is 55.7. The van der Waals surface area contributed by atoms with Gasteiger partial charge < -0.3 is 45.8 Å². The van der Waals surface area contributed by atoms with E-state index in [9.17, 15) is 24.3 Å². The summed E-state index contributed by atoms with van der Waals surface area (Å²) in [6, 6.07) is 89.1. The van der Waals surface area contributed by atoms with Crippen LogP contribution in [0.4, 0.5) is 0 Å². The molecule has 18 nitrogen and oxygen atoms in total. The number of thiophene rings is 2. The standard InChI is InChI=1S/C35H43N4.2C15H10N.2C13H8NS.C9H7NO.4C5H8O2.CH4.4Ir.Pt/c1-9-21-20(8)28-16-30-22(10-2)23(11-3)32(37-30)18-34-26(14-6)27(15-7)35(39-34)19-33-25(13-5)24(12-4)31(38-33)17-29(21)36-28;1-2-7-13(8-3-1)15-14-9-5-4-6-12(14)10-11-16-15;1-2-6-12(7-3-1)15-11-10-13-8-4-5-9-14(13)16-15;2*1-2-7-12-10(5-1)9-13(15-12)11-6-3-4-8-14-11;11-8-5-1-3-7-4-2-6-10-9(7)8;4*1-4(6)3-5(2)7;;;;;;/h16-19,29H,9-15H2,1-8H3;1-7,9-11H;1-6,8-11H;2*1-8H;1-6,11H;4*3,6H,1-2H3;1H4;;;;;/q5*-1;;;;;;;;;;;. The molecule has 4 radical (unpaired) electrons. The number of benzene rings is 7. The molecule has 0 spiro atoms. The Hall–Kier alpha value is -12.4. The number of phenolic OH excluding ortho intramolecular Hbond substituents is 1. The monoisotopic (exact) mass is 2880 g/mol. The Bertz CT molecular complexity index is 6960. The molecule has 768 valence electrons. The van der Waals surface area contributed by atoms with E-state index < -0.39 is 0 Å². The van der Waals surface area contributed by atoms with Crippen LogP contribution in [0.25, 0.3) is 102 Å². The number of aromatic hydroxyl groups is 1. The molecule has 1 unspecified atom stereocenters. The van der Waals surface area contributed by atoms with Crippen molar-refractivity contribution in [2.24, 2.45) is 15.0 Å². The van der Waals surface area contributed by atoms with Crippen LogP contribution in [0.15, 0.2) is 409 Å². The van der Waals surface area contributed by atoms with Crippen molar-refractivity contribution in [3.8, 4) is 49.4 Å². The van der Waals surface area contributed by atoms with Crippen molar-refractivity contribution >= 4 is 116 Å². The smallest absolute Gasteiger partial charge is 0.155 e. The predicted molar refractivity (Wildman–Crippen MR) is 586 cm³/mol. The fourth-order valence-electron chi connectivity index (χ4n) is 15.8. The van der Waals surface area contributed by atoms with E-state index >= 15 is 0 Å². The number of rotatable bonds is 15. The molecule has 146 heavy (non-hydrogen) atoms. The third-order valence-electron chi connectivity index (χ3n) is 21.8. The number of aromatic nitrogens is 5. The number of aliphatic hydroxyl groups is 4. The van der Waals surface area contributed by atoms with Crippen LogP contribution < -0.4 is 0 Å². The Morgan fingerprint density at radius 1 is 0.390 bits per heavy atom. The second kappa shape index (κ2) is 64.6. The molecule has 0 fully saturated rings. The summed E-state index contributed by atoms with van der Waals surface area (Å²) in [5, 5.41) is 54.9. The van der Waals surface area contributed by atoms with E-state index in [4.69, 9.17) is 40.7 Å². The maximum Gasteiger partial charge on any atom is 0.155 e. The maximum absolute atomic E-state index is 10.0. The van der Waals surface area contributed by atoms with Gasteiger partial charge in [0.1, 0.15) is 11.3 Å². The van der Waals surface area contributed by atoms with Crippen LogP contribution in [0.5, 0.6) is 5.75 Å². The van der Waals surface area contributed by atoms with E-state index in [1.165, 1.54) is 161 Å². The number of phenols is 1. The normalized spacial score (nSPS) is 13.5. The first-order valence-electron chi connectivity index (χ1n) is 46.6. The Labute approximate surface area is 935 Å². The molecule has 1 atom stereocenters. The zero-order valence-corrected chi connectivity index (χ0v) is 97.2. The largest absolute Gasteiger partial charge is 0.675 e. The van der Waals surface area contributed by atoms with E-state index in [2.05, 4.69) is 190 Å². The summed E-state index contributed by atoms with van der Waals surface area (Å²) < 4.78 is 2.52. The zero-order chi connectivity index (χ0) is 101. The van der Waals surface area contributed by atoms with Gasteiger partial charge in [-0.25, -0.2) is 37.7 Å². The van der Waals surface area contributed by atoms with E-state index in [-0.39, 0.29) is 167 Å². The molecule has 5 aliphatic heterocycles. The number of aliphatic imine (C=N–C) groups is 3. The average molecular weight is 2870 g/mol. The quantitative estimate of drug-likeness (QED) is 0.0362. The van der Waals surface area contributed by atoms with Crippen molar-refractivity contribution in [1.29, 1.82) is 0 Å². The third kappa shape index (κ3) is 37.2. The summed E-state index contributed by atoms with van der Waals surface area (Å²) >= 11 is 3.46. The van der Waals surface area contributed by atoms with Crippen molar-refractivity contribution in [2.75, 3.05) is 0 Å². The molecule has 0 saturated carbocycles. The van der Waals surface area contributed by atoms with Gasteiger partial charge in [0.05, 0.1) is 62.8 Å². The number of carbonyl (C=O) groups excluding carboxylic acids is 4. The molecule has 5 aliphatic rings. The molecule has 8 bridgehead atoms. The molecule has 0 saturated heterocycles. The van der Waals surface area contributed by atoms with Gasteiger partial charge in [0, 0.05) is 167 Å². The number of hydrogen-bond donors (Lipinski definition) is 5. The van der Waals surface area contributed by atoms with Gasteiger partial charge >= 0.3 is 0 Å². The summed E-state index contributed by atoms with van der Waals surface area (Å²) in [5.74, 6) is -0.0110. The Morgan fingerprint density at radius 2 is 0.801 bits per heavy atom. The molecule has 7 aromatic heterocycles. The number of para-hydroxylation sites is 2. The number of nitrogens with zero attached hydrogens (tertiary/aromatic N) is 9. The second-order valence-corrected chi connectivity index (χ2v) is 34.6. The van der Waals surface area contributed by atoms with Crippen LogP contribution in [0.3, 0.4) is 0 Å². The summed E-state index contributed by atoms with van der Waals surface area (Å²) in [6.07, 6.45) is 27.5. The van der Waals surface area contributed by atoms with Crippen molar-refractivity contribution in [1.82, 2.24) is 24.9 Å². The van der Waals surface area contributed by atoms with Gasteiger partial charge in [-0.1, -0.05) is 207 Å². The first-order chi connectivity index (χ1) is 67.5. The topological polar surface area (TPSA) is 285 Å². The number of hydrogen-bond acceptors (Lipinski definition) is 19. The van der Waals surface area contributed by atoms with Crippen molar-refractivity contribution in [2.45, 2.75) is 169 Å². The van der Waals surface area contributed by atoms with E-state index in [1.807, 2.05) is 176 Å². The first-order valence-corrected chi connectivity index (χ1v) is 48.2. The molecular formula is C121H122Ir4N9O9PtS2-5. The van der Waals surface area contributed by atoms with Crippen molar-refractivity contribution < 1.29 is 146 Å². The molecular weight excluding hydrogens is 2750 g/mol.